The first-order valence-corrected chi connectivity index (χ1v) is 10.3. The van der Waals surface area contributed by atoms with E-state index in [0.717, 1.165) is 31.7 Å². The maximum Gasteiger partial charge on any atom is 0.257 e. The van der Waals surface area contributed by atoms with Gasteiger partial charge in [0.1, 0.15) is 0 Å². The van der Waals surface area contributed by atoms with Crippen molar-refractivity contribution in [1.29, 1.82) is 0 Å². The maximum absolute atomic E-state index is 11.6. The predicted molar refractivity (Wildman–Crippen MR) is 116 cm³/mol. The van der Waals surface area contributed by atoms with Gasteiger partial charge in [-0.2, -0.15) is 0 Å². The second-order valence-corrected chi connectivity index (χ2v) is 7.29. The zero-order valence-electron chi connectivity index (χ0n) is 17.3. The van der Waals surface area contributed by atoms with Gasteiger partial charge >= 0.3 is 0 Å². The first-order chi connectivity index (χ1) is 14.2. The minimum Gasteiger partial charge on any atom is -0.493 e. The molecule has 6 heteroatoms. The molecule has 0 aliphatic carbocycles. The number of nitrogens with zero attached hydrogens (tertiary/aromatic N) is 1. The standard InChI is InChI=1S/C23H31N3O3/c1-3-25-23(27)17-29-21-10-9-18(13-22(21)28-2)14-24-15-19-11-12-26(16-19)20-7-5-4-6-8-20/h4-10,13,19,24H,3,11-12,14-17H2,1-2H3,(H,25,27). The molecule has 2 aromatic rings. The summed E-state index contributed by atoms with van der Waals surface area (Å²) < 4.78 is 11.0. The van der Waals surface area contributed by atoms with Crippen LogP contribution in [-0.4, -0.2) is 45.8 Å². The quantitative estimate of drug-likeness (QED) is 0.646. The average molecular weight is 398 g/mol. The maximum atomic E-state index is 11.6. The highest BCUT2D eigenvalue weighted by Crippen LogP contribution is 2.28. The van der Waals surface area contributed by atoms with Gasteiger partial charge in [-0.1, -0.05) is 24.3 Å². The molecule has 2 aromatic carbocycles. The van der Waals surface area contributed by atoms with Crippen molar-refractivity contribution in [1.82, 2.24) is 10.6 Å². The second kappa shape index (κ2) is 10.7. The Morgan fingerprint density at radius 2 is 2.00 bits per heavy atom. The van der Waals surface area contributed by atoms with Crippen LogP contribution in [0.5, 0.6) is 11.5 Å². The molecular weight excluding hydrogens is 366 g/mol. The molecule has 2 N–H and O–H groups in total. The van der Waals surface area contributed by atoms with Crippen LogP contribution >= 0.6 is 0 Å². The molecule has 1 fully saturated rings. The molecule has 3 rings (SSSR count). The molecule has 6 nitrogen and oxygen atoms in total. The monoisotopic (exact) mass is 397 g/mol. The molecule has 0 aromatic heterocycles. The number of nitrogens with one attached hydrogen (secondary N) is 2. The minimum absolute atomic E-state index is 0.0125. The molecule has 1 amide bonds. The Kier molecular flexibility index (Phi) is 7.76. The van der Waals surface area contributed by atoms with Gasteiger partial charge < -0.3 is 25.0 Å². The summed E-state index contributed by atoms with van der Waals surface area (Å²) in [5.41, 5.74) is 2.44. The summed E-state index contributed by atoms with van der Waals surface area (Å²) in [4.78, 5) is 14.0. The molecule has 1 aliphatic rings. The first-order valence-electron chi connectivity index (χ1n) is 10.3. The second-order valence-electron chi connectivity index (χ2n) is 7.29. The first kappa shape index (κ1) is 21.0. The van der Waals surface area contributed by atoms with Crippen LogP contribution in [0.1, 0.15) is 18.9 Å². The van der Waals surface area contributed by atoms with Crippen LogP contribution in [0.4, 0.5) is 5.69 Å². The molecule has 156 valence electrons. The molecule has 1 unspecified atom stereocenters. The number of hydrogen-bond acceptors (Lipinski definition) is 5. The van der Waals surface area contributed by atoms with E-state index in [0.29, 0.717) is 24.0 Å². The van der Waals surface area contributed by atoms with E-state index >= 15 is 0 Å². The Labute approximate surface area is 173 Å². The predicted octanol–water partition coefficient (Wildman–Crippen LogP) is 2.83. The SMILES string of the molecule is CCNC(=O)COc1ccc(CNCC2CCN(c3ccccc3)C2)cc1OC. The van der Waals surface area contributed by atoms with Crippen LogP contribution < -0.4 is 25.0 Å². The molecule has 1 aliphatic heterocycles. The lowest BCUT2D eigenvalue weighted by atomic mass is 10.1. The fraction of sp³-hybridized carbons (Fsp3) is 0.435. The topological polar surface area (TPSA) is 62.8 Å². The van der Waals surface area contributed by atoms with Gasteiger partial charge in [-0.05, 0) is 49.1 Å². The van der Waals surface area contributed by atoms with Gasteiger partial charge in [0, 0.05) is 38.4 Å². The van der Waals surface area contributed by atoms with Gasteiger partial charge in [-0.25, -0.2) is 0 Å². The molecule has 0 saturated carbocycles. The summed E-state index contributed by atoms with van der Waals surface area (Å²) in [5, 5.41) is 6.28. The molecule has 1 heterocycles. The van der Waals surface area contributed by atoms with Gasteiger partial charge in [-0.15, -0.1) is 0 Å². The summed E-state index contributed by atoms with van der Waals surface area (Å²) in [6.07, 6.45) is 1.21. The number of ether oxygens (including phenoxy) is 2. The molecule has 0 spiro atoms. The number of amides is 1. The van der Waals surface area contributed by atoms with E-state index in [1.54, 1.807) is 7.11 Å². The third-order valence-electron chi connectivity index (χ3n) is 5.13. The Balaban J connectivity index is 1.45. The summed E-state index contributed by atoms with van der Waals surface area (Å²) in [6, 6.07) is 16.4. The molecule has 0 radical (unpaired) electrons. The molecule has 1 atom stereocenters. The van der Waals surface area contributed by atoms with E-state index in [2.05, 4.69) is 45.9 Å². The summed E-state index contributed by atoms with van der Waals surface area (Å²) >= 11 is 0. The highest BCUT2D eigenvalue weighted by atomic mass is 16.5. The van der Waals surface area contributed by atoms with Crippen LogP contribution in [0, 0.1) is 5.92 Å². The van der Waals surface area contributed by atoms with Crippen molar-refractivity contribution in [3.05, 3.63) is 54.1 Å². The van der Waals surface area contributed by atoms with Crippen molar-refractivity contribution in [3.8, 4) is 11.5 Å². The summed E-state index contributed by atoms with van der Waals surface area (Å²) in [5.74, 6) is 1.74. The number of methoxy groups -OCH3 is 1. The van der Waals surface area contributed by atoms with Crippen molar-refractivity contribution >= 4 is 11.6 Å². The van der Waals surface area contributed by atoms with Crippen LogP contribution in [0.15, 0.2) is 48.5 Å². The van der Waals surface area contributed by atoms with Gasteiger partial charge in [0.25, 0.3) is 5.91 Å². The smallest absolute Gasteiger partial charge is 0.257 e. The van der Waals surface area contributed by atoms with Crippen LogP contribution in [0.25, 0.3) is 0 Å². The van der Waals surface area contributed by atoms with Gasteiger partial charge in [-0.3, -0.25) is 4.79 Å². The third kappa shape index (κ3) is 6.12. The number of anilines is 1. The molecule has 29 heavy (non-hydrogen) atoms. The van der Waals surface area contributed by atoms with Crippen LogP contribution in [0.2, 0.25) is 0 Å². The van der Waals surface area contributed by atoms with E-state index in [4.69, 9.17) is 9.47 Å². The van der Waals surface area contributed by atoms with Crippen molar-refractivity contribution in [2.24, 2.45) is 5.92 Å². The summed E-state index contributed by atoms with van der Waals surface area (Å²) in [6.45, 7) is 6.42. The van der Waals surface area contributed by atoms with Gasteiger partial charge in [0.15, 0.2) is 18.1 Å². The van der Waals surface area contributed by atoms with E-state index in [1.807, 2.05) is 25.1 Å². The highest BCUT2D eigenvalue weighted by molar-refractivity contribution is 5.77. The van der Waals surface area contributed by atoms with Crippen LogP contribution in [0.3, 0.4) is 0 Å². The van der Waals surface area contributed by atoms with Crippen molar-refractivity contribution in [2.45, 2.75) is 19.9 Å². The van der Waals surface area contributed by atoms with Crippen molar-refractivity contribution in [2.75, 3.05) is 44.8 Å². The number of para-hydroxylation sites is 1. The fourth-order valence-corrected chi connectivity index (χ4v) is 3.63. The average Bonchev–Trinajstić information content (AvgIpc) is 3.22. The molecule has 1 saturated heterocycles. The van der Waals surface area contributed by atoms with Gasteiger partial charge in [0.05, 0.1) is 7.11 Å². The lowest BCUT2D eigenvalue weighted by Gasteiger charge is -2.19. The number of likely N-dealkylation sites (N-methyl/N-ethyl adjacent to an activating group) is 1. The lowest BCUT2D eigenvalue weighted by Crippen LogP contribution is -2.28. The van der Waals surface area contributed by atoms with Gasteiger partial charge in [0.2, 0.25) is 0 Å². The minimum atomic E-state index is -0.138. The molecular formula is C23H31N3O3. The van der Waals surface area contributed by atoms with E-state index in [1.165, 1.54) is 12.1 Å². The fourth-order valence-electron chi connectivity index (χ4n) is 3.63. The zero-order chi connectivity index (χ0) is 20.5. The highest BCUT2D eigenvalue weighted by Gasteiger charge is 2.22. The third-order valence-corrected chi connectivity index (χ3v) is 5.13. The normalized spacial score (nSPS) is 15.9. The number of carbonyl (C=O) groups excluding carboxylic acids is 1. The zero-order valence-corrected chi connectivity index (χ0v) is 17.3. The van der Waals surface area contributed by atoms with E-state index in [9.17, 15) is 4.79 Å². The lowest BCUT2D eigenvalue weighted by molar-refractivity contribution is -0.123. The molecule has 0 bridgehead atoms. The summed E-state index contributed by atoms with van der Waals surface area (Å²) in [7, 11) is 1.61. The van der Waals surface area contributed by atoms with Crippen molar-refractivity contribution in [3.63, 3.8) is 0 Å². The Morgan fingerprint density at radius 3 is 2.76 bits per heavy atom. The van der Waals surface area contributed by atoms with Crippen LogP contribution in [-0.2, 0) is 11.3 Å². The number of benzene rings is 2. The Hall–Kier alpha value is -2.73. The number of rotatable bonds is 10. The largest absolute Gasteiger partial charge is 0.493 e. The van der Waals surface area contributed by atoms with Crippen molar-refractivity contribution < 1.29 is 14.3 Å². The van der Waals surface area contributed by atoms with E-state index < -0.39 is 0 Å². The number of carbonyl (C=O) groups is 1. The Morgan fingerprint density at radius 1 is 1.17 bits per heavy atom. The van der Waals surface area contributed by atoms with E-state index in [-0.39, 0.29) is 12.5 Å². The number of hydrogen-bond donors (Lipinski definition) is 2. The Bertz CT molecular complexity index is 782.